The molecule has 1 aromatic carbocycles. The Morgan fingerprint density at radius 3 is 2.67 bits per heavy atom. The van der Waals surface area contributed by atoms with Gasteiger partial charge in [0.15, 0.2) is 5.82 Å². The maximum Gasteiger partial charge on any atom is 0.157 e. The van der Waals surface area contributed by atoms with Crippen molar-refractivity contribution in [1.82, 2.24) is 9.97 Å². The summed E-state index contributed by atoms with van der Waals surface area (Å²) in [4.78, 5) is 8.63. The van der Waals surface area contributed by atoms with Crippen LogP contribution in [-0.2, 0) is 11.3 Å². The molecule has 5 nitrogen and oxygen atoms in total. The molecule has 6 heteroatoms. The van der Waals surface area contributed by atoms with Crippen molar-refractivity contribution in [2.45, 2.75) is 13.5 Å². The van der Waals surface area contributed by atoms with Crippen LogP contribution in [0.5, 0.6) is 5.75 Å². The fraction of sp³-hybridized carbons (Fsp3) is 0.333. The molecule has 0 saturated carbocycles. The average Bonchev–Trinajstić information content (AvgIpc) is 2.52. The first kappa shape index (κ1) is 15.2. The molecular weight excluding hydrogens is 273 g/mol. The molecule has 0 atom stereocenters. The molecule has 1 N–H and O–H groups in total. The summed E-state index contributed by atoms with van der Waals surface area (Å²) in [6.45, 7) is 2.75. The normalized spacial score (nSPS) is 10.5. The van der Waals surface area contributed by atoms with Gasteiger partial charge in [0, 0.05) is 31.4 Å². The Labute approximate surface area is 123 Å². The van der Waals surface area contributed by atoms with E-state index in [0.717, 1.165) is 0 Å². The molecule has 0 bridgehead atoms. The molecule has 0 aliphatic rings. The van der Waals surface area contributed by atoms with Crippen LogP contribution in [0.3, 0.4) is 0 Å². The Balaban J connectivity index is 2.42. The number of benzene rings is 1. The quantitative estimate of drug-likeness (QED) is 0.887. The highest BCUT2D eigenvalue weighted by Gasteiger charge is 2.11. The summed E-state index contributed by atoms with van der Waals surface area (Å²) in [6.07, 6.45) is 0. The van der Waals surface area contributed by atoms with Crippen molar-refractivity contribution in [2.75, 3.05) is 26.1 Å². The van der Waals surface area contributed by atoms with E-state index in [1.54, 1.807) is 25.2 Å². The van der Waals surface area contributed by atoms with Crippen LogP contribution in [0.2, 0.25) is 0 Å². The molecule has 2 aromatic rings. The molecule has 0 aliphatic heterocycles. The topological polar surface area (TPSA) is 56.3 Å². The second-order valence-electron chi connectivity index (χ2n) is 4.29. The third-order valence-electron chi connectivity index (χ3n) is 2.92. The number of nitrogens with zero attached hydrogens (tertiary/aromatic N) is 2. The van der Waals surface area contributed by atoms with Crippen molar-refractivity contribution in [1.29, 1.82) is 0 Å². The fourth-order valence-corrected chi connectivity index (χ4v) is 1.85. The molecule has 0 unspecified atom stereocenters. The molecule has 0 aliphatic carbocycles. The van der Waals surface area contributed by atoms with Gasteiger partial charge in [0.1, 0.15) is 24.0 Å². The van der Waals surface area contributed by atoms with Gasteiger partial charge in [-0.05, 0) is 19.1 Å². The van der Waals surface area contributed by atoms with Crippen LogP contribution in [0.4, 0.5) is 10.2 Å². The minimum Gasteiger partial charge on any atom is -0.497 e. The van der Waals surface area contributed by atoms with Crippen LogP contribution >= 0.6 is 0 Å². The predicted molar refractivity (Wildman–Crippen MR) is 78.9 cm³/mol. The Kier molecular flexibility index (Phi) is 5.05. The Bertz CT molecular complexity index is 620. The van der Waals surface area contributed by atoms with Gasteiger partial charge < -0.3 is 14.8 Å². The zero-order chi connectivity index (χ0) is 15.2. The number of halogens is 1. The summed E-state index contributed by atoms with van der Waals surface area (Å²) in [5, 5.41) is 2.94. The first-order valence-corrected chi connectivity index (χ1v) is 6.65. The van der Waals surface area contributed by atoms with Gasteiger partial charge in [-0.3, -0.25) is 0 Å². The number of anilines is 1. The third kappa shape index (κ3) is 3.66. The highest BCUT2D eigenvalue weighted by atomic mass is 19.1. The number of hydrogen-bond acceptors (Lipinski definition) is 5. The summed E-state index contributed by atoms with van der Waals surface area (Å²) >= 11 is 0. The van der Waals surface area contributed by atoms with Gasteiger partial charge in [0.05, 0.1) is 12.8 Å². The van der Waals surface area contributed by atoms with E-state index in [1.807, 2.05) is 6.92 Å². The van der Waals surface area contributed by atoms with E-state index in [0.29, 0.717) is 35.3 Å². The van der Waals surface area contributed by atoms with Crippen LogP contribution in [0.1, 0.15) is 12.7 Å². The van der Waals surface area contributed by atoms with Gasteiger partial charge in [-0.1, -0.05) is 0 Å². The average molecular weight is 291 g/mol. The Morgan fingerprint density at radius 2 is 2.05 bits per heavy atom. The van der Waals surface area contributed by atoms with Crippen LogP contribution in [0.25, 0.3) is 11.3 Å². The summed E-state index contributed by atoms with van der Waals surface area (Å²) in [7, 11) is 3.25. The number of aromatic nitrogens is 2. The highest BCUT2D eigenvalue weighted by Crippen LogP contribution is 2.26. The van der Waals surface area contributed by atoms with Crippen LogP contribution in [-0.4, -0.2) is 30.7 Å². The molecule has 21 heavy (non-hydrogen) atoms. The van der Waals surface area contributed by atoms with E-state index < -0.39 is 5.82 Å². The second-order valence-corrected chi connectivity index (χ2v) is 4.29. The van der Waals surface area contributed by atoms with Crippen molar-refractivity contribution in [3.63, 3.8) is 0 Å². The summed E-state index contributed by atoms with van der Waals surface area (Å²) in [6, 6.07) is 6.36. The van der Waals surface area contributed by atoms with Crippen molar-refractivity contribution < 1.29 is 13.9 Å². The number of hydrogen-bond donors (Lipinski definition) is 1. The van der Waals surface area contributed by atoms with Gasteiger partial charge in [-0.25, -0.2) is 14.4 Å². The van der Waals surface area contributed by atoms with E-state index >= 15 is 0 Å². The maximum atomic E-state index is 14.2. The number of nitrogens with one attached hydrogen (secondary N) is 1. The lowest BCUT2D eigenvalue weighted by Crippen LogP contribution is -2.04. The van der Waals surface area contributed by atoms with Gasteiger partial charge in [0.2, 0.25) is 0 Å². The van der Waals surface area contributed by atoms with Crippen molar-refractivity contribution in [3.8, 4) is 17.0 Å². The van der Waals surface area contributed by atoms with Crippen LogP contribution < -0.4 is 10.1 Å². The van der Waals surface area contributed by atoms with E-state index in [-0.39, 0.29) is 6.61 Å². The predicted octanol–water partition coefficient (Wildman–Crippen LogP) is 2.87. The monoisotopic (exact) mass is 291 g/mol. The molecule has 0 fully saturated rings. The number of ether oxygens (including phenoxy) is 2. The molecule has 0 spiro atoms. The first-order valence-electron chi connectivity index (χ1n) is 6.65. The van der Waals surface area contributed by atoms with Crippen molar-refractivity contribution in [3.05, 3.63) is 35.9 Å². The van der Waals surface area contributed by atoms with E-state index in [9.17, 15) is 4.39 Å². The summed E-state index contributed by atoms with van der Waals surface area (Å²) < 4.78 is 24.5. The molecule has 0 amide bonds. The van der Waals surface area contributed by atoms with Gasteiger partial charge >= 0.3 is 0 Å². The SMILES string of the molecule is CCOCc1nc(NC)cc(-c2ccc(OC)cc2F)n1. The lowest BCUT2D eigenvalue weighted by atomic mass is 10.1. The minimum atomic E-state index is -0.391. The molecule has 1 aromatic heterocycles. The fourth-order valence-electron chi connectivity index (χ4n) is 1.85. The van der Waals surface area contributed by atoms with Gasteiger partial charge in [-0.15, -0.1) is 0 Å². The molecule has 0 saturated heterocycles. The lowest BCUT2D eigenvalue weighted by molar-refractivity contribution is 0.128. The molecular formula is C15H18FN3O2. The number of rotatable bonds is 6. The number of methoxy groups -OCH3 is 1. The van der Waals surface area contributed by atoms with E-state index in [1.165, 1.54) is 13.2 Å². The summed E-state index contributed by atoms with van der Waals surface area (Å²) in [5.74, 6) is 1.20. The molecule has 112 valence electrons. The molecule has 2 rings (SSSR count). The minimum absolute atomic E-state index is 0.288. The van der Waals surface area contributed by atoms with E-state index in [2.05, 4.69) is 15.3 Å². The van der Waals surface area contributed by atoms with Gasteiger partial charge in [0.25, 0.3) is 0 Å². The zero-order valence-corrected chi connectivity index (χ0v) is 12.3. The molecule has 1 heterocycles. The van der Waals surface area contributed by atoms with Crippen LogP contribution in [0.15, 0.2) is 24.3 Å². The first-order chi connectivity index (χ1) is 10.2. The Morgan fingerprint density at radius 1 is 1.24 bits per heavy atom. The second kappa shape index (κ2) is 6.99. The van der Waals surface area contributed by atoms with Gasteiger partial charge in [-0.2, -0.15) is 0 Å². The van der Waals surface area contributed by atoms with E-state index in [4.69, 9.17) is 9.47 Å². The smallest absolute Gasteiger partial charge is 0.157 e. The van der Waals surface area contributed by atoms with Crippen molar-refractivity contribution >= 4 is 5.82 Å². The summed E-state index contributed by atoms with van der Waals surface area (Å²) in [5.41, 5.74) is 0.900. The Hall–Kier alpha value is -2.21. The maximum absolute atomic E-state index is 14.2. The largest absolute Gasteiger partial charge is 0.497 e. The third-order valence-corrected chi connectivity index (χ3v) is 2.92. The van der Waals surface area contributed by atoms with Crippen molar-refractivity contribution in [2.24, 2.45) is 0 Å². The standard InChI is InChI=1S/C15H18FN3O2/c1-4-21-9-15-18-13(8-14(17-2)19-15)11-6-5-10(20-3)7-12(11)16/h5-8H,4,9H2,1-3H3,(H,17,18,19). The highest BCUT2D eigenvalue weighted by molar-refractivity contribution is 5.64. The zero-order valence-electron chi connectivity index (χ0n) is 12.3. The lowest BCUT2D eigenvalue weighted by Gasteiger charge is -2.09. The van der Waals surface area contributed by atoms with Crippen LogP contribution in [0, 0.1) is 5.82 Å². The molecule has 0 radical (unpaired) electrons.